The van der Waals surface area contributed by atoms with Gasteiger partial charge in [-0.1, -0.05) is 12.1 Å². The van der Waals surface area contributed by atoms with E-state index < -0.39 is 23.0 Å². The van der Waals surface area contributed by atoms with Crippen LogP contribution in [0.2, 0.25) is 0 Å². The Morgan fingerprint density at radius 1 is 1.39 bits per heavy atom. The van der Waals surface area contributed by atoms with Crippen LogP contribution in [-0.4, -0.2) is 33.1 Å². The molecule has 0 saturated heterocycles. The zero-order valence-corrected chi connectivity index (χ0v) is 9.38. The first kappa shape index (κ1) is 11.8. The largest absolute Gasteiger partial charge is 0.494 e. The molecule has 0 unspecified atom stereocenters. The number of carbonyl (C=O) groups is 1. The number of rotatable bonds is 3. The number of hydrogen-bond donors (Lipinski definition) is 3. The van der Waals surface area contributed by atoms with Gasteiger partial charge >= 0.3 is 5.97 Å². The highest BCUT2D eigenvalue weighted by molar-refractivity contribution is 5.90. The molecule has 0 aliphatic heterocycles. The number of methoxy groups -OCH3 is 1. The number of aromatic amines is 1. The average Bonchev–Trinajstić information content (AvgIpc) is 2.64. The predicted octanol–water partition coefficient (Wildman–Crippen LogP) is 0.578. The minimum absolute atomic E-state index is 0.335. The highest BCUT2D eigenvalue weighted by Crippen LogP contribution is 2.25. The van der Waals surface area contributed by atoms with Gasteiger partial charge in [-0.15, -0.1) is 0 Å². The molecule has 0 fully saturated rings. The van der Waals surface area contributed by atoms with Gasteiger partial charge in [-0.2, -0.15) is 0 Å². The van der Waals surface area contributed by atoms with Crippen LogP contribution in [0, 0.1) is 0 Å². The molecule has 1 aromatic carbocycles. The summed E-state index contributed by atoms with van der Waals surface area (Å²) in [5, 5.41) is 20.8. The van der Waals surface area contributed by atoms with Crippen LogP contribution in [0.4, 0.5) is 0 Å². The fourth-order valence-corrected chi connectivity index (χ4v) is 1.61. The summed E-state index contributed by atoms with van der Waals surface area (Å²) < 4.78 is 6.03. The van der Waals surface area contributed by atoms with Crippen molar-refractivity contribution >= 4 is 5.97 Å². The Hall–Kier alpha value is -2.70. The minimum atomic E-state index is -1.50. The zero-order chi connectivity index (χ0) is 13.3. The van der Waals surface area contributed by atoms with Crippen molar-refractivity contribution in [3.63, 3.8) is 0 Å². The van der Waals surface area contributed by atoms with Crippen LogP contribution in [0.1, 0.15) is 10.4 Å². The van der Waals surface area contributed by atoms with Crippen molar-refractivity contribution in [3.8, 4) is 17.3 Å². The molecule has 7 heteroatoms. The highest BCUT2D eigenvalue weighted by Gasteiger charge is 2.22. The number of aromatic carboxylic acids is 1. The molecule has 18 heavy (non-hydrogen) atoms. The van der Waals surface area contributed by atoms with E-state index in [0.29, 0.717) is 11.4 Å². The average molecular weight is 250 g/mol. The smallest absolute Gasteiger partial charge is 0.347 e. The van der Waals surface area contributed by atoms with Crippen LogP contribution < -0.4 is 10.3 Å². The van der Waals surface area contributed by atoms with E-state index in [-0.39, 0.29) is 0 Å². The molecule has 0 aliphatic rings. The van der Waals surface area contributed by atoms with Crippen LogP contribution in [0.5, 0.6) is 11.6 Å². The lowest BCUT2D eigenvalue weighted by Crippen LogP contribution is -2.11. The van der Waals surface area contributed by atoms with Gasteiger partial charge in [0.15, 0.2) is 5.56 Å². The molecule has 0 amide bonds. The van der Waals surface area contributed by atoms with Crippen molar-refractivity contribution in [2.75, 3.05) is 7.11 Å². The SMILES string of the molecule is COc1ccccc1-n1[nH]c(=O)c(C(=O)O)c1O. The quantitative estimate of drug-likeness (QED) is 0.739. The van der Waals surface area contributed by atoms with E-state index in [1.165, 1.54) is 7.11 Å². The lowest BCUT2D eigenvalue weighted by Gasteiger charge is -2.09. The van der Waals surface area contributed by atoms with Gasteiger partial charge in [-0.25, -0.2) is 9.48 Å². The standard InChI is InChI=1S/C11H10N2O5/c1-18-7-5-3-2-4-6(7)13-10(15)8(11(16)17)9(14)12-13/h2-5,15H,1H3,(H,12,14)(H,16,17). The molecule has 1 aromatic heterocycles. The third-order valence-corrected chi connectivity index (χ3v) is 2.42. The lowest BCUT2D eigenvalue weighted by atomic mass is 10.3. The predicted molar refractivity (Wildman–Crippen MR) is 61.6 cm³/mol. The van der Waals surface area contributed by atoms with Crippen LogP contribution in [0.3, 0.4) is 0 Å². The number of para-hydroxylation sites is 2. The number of ether oxygens (including phenoxy) is 1. The highest BCUT2D eigenvalue weighted by atomic mass is 16.5. The van der Waals surface area contributed by atoms with Crippen molar-refractivity contribution in [1.29, 1.82) is 0 Å². The van der Waals surface area contributed by atoms with Crippen molar-refractivity contribution in [3.05, 3.63) is 40.2 Å². The first-order valence-corrected chi connectivity index (χ1v) is 4.97. The number of carboxylic acids is 1. The summed E-state index contributed by atoms with van der Waals surface area (Å²) in [4.78, 5) is 22.2. The number of benzene rings is 1. The van der Waals surface area contributed by atoms with Crippen LogP contribution in [0.25, 0.3) is 5.69 Å². The Bertz CT molecular complexity index is 656. The Kier molecular flexibility index (Phi) is 2.80. The second-order valence-electron chi connectivity index (χ2n) is 3.45. The van der Waals surface area contributed by atoms with Crippen LogP contribution in [-0.2, 0) is 0 Å². The molecule has 0 bridgehead atoms. The summed E-state index contributed by atoms with van der Waals surface area (Å²) in [5.74, 6) is -1.78. The topological polar surface area (TPSA) is 105 Å². The van der Waals surface area contributed by atoms with Crippen molar-refractivity contribution < 1.29 is 19.7 Å². The maximum atomic E-state index is 11.4. The number of aromatic hydroxyl groups is 1. The molecule has 0 atom stereocenters. The van der Waals surface area contributed by atoms with E-state index in [0.717, 1.165) is 4.68 Å². The molecule has 1 heterocycles. The van der Waals surface area contributed by atoms with Gasteiger partial charge in [0.25, 0.3) is 5.56 Å². The van der Waals surface area contributed by atoms with Gasteiger partial charge in [0.2, 0.25) is 5.88 Å². The molecule has 3 N–H and O–H groups in total. The third-order valence-electron chi connectivity index (χ3n) is 2.42. The summed E-state index contributed by atoms with van der Waals surface area (Å²) in [6, 6.07) is 6.56. The van der Waals surface area contributed by atoms with Gasteiger partial charge in [0.1, 0.15) is 11.4 Å². The number of carboxylic acid groups (broad SMARTS) is 1. The fourth-order valence-electron chi connectivity index (χ4n) is 1.61. The number of aromatic nitrogens is 2. The van der Waals surface area contributed by atoms with Crippen molar-refractivity contribution in [2.45, 2.75) is 0 Å². The number of hydrogen-bond acceptors (Lipinski definition) is 4. The summed E-state index contributed by atoms with van der Waals surface area (Å²) in [6.45, 7) is 0. The molecule has 0 spiro atoms. The first-order chi connectivity index (χ1) is 8.56. The zero-order valence-electron chi connectivity index (χ0n) is 9.38. The molecule has 0 radical (unpaired) electrons. The van der Waals surface area contributed by atoms with E-state index >= 15 is 0 Å². The molecule has 94 valence electrons. The Balaban J connectivity index is 2.69. The number of nitrogens with one attached hydrogen (secondary N) is 1. The summed E-state index contributed by atoms with van der Waals surface area (Å²) in [6.07, 6.45) is 0. The van der Waals surface area contributed by atoms with Crippen molar-refractivity contribution in [1.82, 2.24) is 9.78 Å². The molecular formula is C11H10N2O5. The number of nitrogens with zero attached hydrogens (tertiary/aromatic N) is 1. The van der Waals surface area contributed by atoms with E-state index in [1.54, 1.807) is 24.3 Å². The van der Waals surface area contributed by atoms with Gasteiger partial charge < -0.3 is 14.9 Å². The first-order valence-electron chi connectivity index (χ1n) is 4.97. The monoisotopic (exact) mass is 250 g/mol. The maximum absolute atomic E-state index is 11.4. The van der Waals surface area contributed by atoms with E-state index in [4.69, 9.17) is 9.84 Å². The maximum Gasteiger partial charge on any atom is 0.347 e. The summed E-state index contributed by atoms with van der Waals surface area (Å²) >= 11 is 0. The Morgan fingerprint density at radius 3 is 2.61 bits per heavy atom. The molecule has 0 saturated carbocycles. The van der Waals surface area contributed by atoms with Crippen molar-refractivity contribution in [2.24, 2.45) is 0 Å². The number of H-pyrrole nitrogens is 1. The fraction of sp³-hybridized carbons (Fsp3) is 0.0909. The molecular weight excluding hydrogens is 240 g/mol. The minimum Gasteiger partial charge on any atom is -0.494 e. The second kappa shape index (κ2) is 4.28. The molecule has 7 nitrogen and oxygen atoms in total. The lowest BCUT2D eigenvalue weighted by molar-refractivity contribution is 0.0692. The van der Waals surface area contributed by atoms with Gasteiger partial charge in [-0.05, 0) is 12.1 Å². The third kappa shape index (κ3) is 1.71. The Morgan fingerprint density at radius 2 is 2.06 bits per heavy atom. The summed E-state index contributed by atoms with van der Waals surface area (Å²) in [7, 11) is 1.43. The van der Waals surface area contributed by atoms with Gasteiger partial charge in [0.05, 0.1) is 7.11 Å². The van der Waals surface area contributed by atoms with E-state index in [2.05, 4.69) is 5.10 Å². The van der Waals surface area contributed by atoms with Gasteiger partial charge in [-0.3, -0.25) is 9.89 Å². The Labute approximate surface area is 101 Å². The molecule has 0 aliphatic carbocycles. The van der Waals surface area contributed by atoms with E-state index in [9.17, 15) is 14.7 Å². The van der Waals surface area contributed by atoms with Gasteiger partial charge in [0, 0.05) is 0 Å². The summed E-state index contributed by atoms with van der Waals surface area (Å²) in [5.41, 5.74) is -1.26. The normalized spacial score (nSPS) is 10.3. The molecule has 2 aromatic rings. The molecule has 2 rings (SSSR count). The van der Waals surface area contributed by atoms with E-state index in [1.807, 2.05) is 0 Å². The van der Waals surface area contributed by atoms with Crippen LogP contribution >= 0.6 is 0 Å². The van der Waals surface area contributed by atoms with Crippen LogP contribution in [0.15, 0.2) is 29.1 Å². The second-order valence-corrected chi connectivity index (χ2v) is 3.45.